The molecule has 2 aromatic rings. The molecular formula is C14H5BrClCuF3N4S2. The molecule has 0 saturated carbocycles. The Morgan fingerprint density at radius 3 is 1.81 bits per heavy atom. The maximum Gasteiger partial charge on any atom is 2.00 e. The molecule has 1 N–H and O–H groups in total. The van der Waals surface area contributed by atoms with Gasteiger partial charge in [-0.3, -0.25) is 0 Å². The number of aromatic amines is 1. The molecule has 0 amide bonds. The van der Waals surface area contributed by atoms with E-state index in [-0.39, 0.29) is 32.8 Å². The van der Waals surface area contributed by atoms with Gasteiger partial charge in [0.05, 0.1) is 15.7 Å². The van der Waals surface area contributed by atoms with E-state index in [9.17, 15) is 13.2 Å². The second-order valence-electron chi connectivity index (χ2n) is 3.86. The number of H-pyrrole nitrogens is 1. The number of rotatable bonds is 1. The van der Waals surface area contributed by atoms with Gasteiger partial charge in [-0.25, -0.2) is 10.5 Å². The first kappa shape index (κ1) is 26.7. The molecule has 0 spiro atoms. The van der Waals surface area contributed by atoms with Crippen molar-refractivity contribution in [1.29, 1.82) is 15.8 Å². The summed E-state index contributed by atoms with van der Waals surface area (Å²) in [6.07, 6.45) is -4.56. The van der Waals surface area contributed by atoms with Crippen molar-refractivity contribution in [3.8, 4) is 28.1 Å². The molecule has 0 saturated heterocycles. The second kappa shape index (κ2) is 12.8. The maximum atomic E-state index is 12.8. The number of halogens is 5. The molecule has 1 aromatic heterocycles. The normalized spacial score (nSPS) is 8.85. The van der Waals surface area contributed by atoms with E-state index in [0.29, 0.717) is 10.6 Å². The number of aromatic nitrogens is 1. The monoisotopic (exact) mass is 527 g/mol. The average molecular weight is 529 g/mol. The van der Waals surface area contributed by atoms with Crippen LogP contribution in [0.5, 0.6) is 0 Å². The van der Waals surface area contributed by atoms with E-state index < -0.39 is 11.9 Å². The molecule has 12 heteroatoms. The van der Waals surface area contributed by atoms with Crippen LogP contribution in [0, 0.1) is 32.7 Å². The molecule has 0 bridgehead atoms. The summed E-state index contributed by atoms with van der Waals surface area (Å²) < 4.78 is 38.0. The van der Waals surface area contributed by atoms with Crippen molar-refractivity contribution >= 4 is 52.8 Å². The van der Waals surface area contributed by atoms with E-state index in [1.165, 1.54) is 10.8 Å². The molecule has 0 aliphatic heterocycles. The van der Waals surface area contributed by atoms with Crippen LogP contribution in [0.3, 0.4) is 0 Å². The molecule has 2 rings (SSSR count). The Labute approximate surface area is 182 Å². The first-order valence-electron chi connectivity index (χ1n) is 5.85. The predicted octanol–water partition coefficient (Wildman–Crippen LogP) is 5.01. The van der Waals surface area contributed by atoms with Crippen LogP contribution in [-0.2, 0) is 48.5 Å². The van der Waals surface area contributed by atoms with Crippen LogP contribution >= 0.6 is 27.5 Å². The van der Waals surface area contributed by atoms with Crippen LogP contribution in [0.15, 0.2) is 28.7 Å². The van der Waals surface area contributed by atoms with Crippen molar-refractivity contribution in [3.63, 3.8) is 0 Å². The van der Waals surface area contributed by atoms with Gasteiger partial charge in [-0.05, 0) is 33.6 Å². The molecule has 0 aliphatic carbocycles. The van der Waals surface area contributed by atoms with Crippen molar-refractivity contribution in [2.75, 3.05) is 0 Å². The van der Waals surface area contributed by atoms with Gasteiger partial charge in [0.15, 0.2) is 0 Å². The van der Waals surface area contributed by atoms with E-state index in [0.717, 1.165) is 0 Å². The fourth-order valence-corrected chi connectivity index (χ4v) is 2.35. The Morgan fingerprint density at radius 1 is 1.04 bits per heavy atom. The summed E-state index contributed by atoms with van der Waals surface area (Å²) in [7, 11) is 0. The van der Waals surface area contributed by atoms with Crippen molar-refractivity contribution in [3.05, 3.63) is 45.0 Å². The van der Waals surface area contributed by atoms with E-state index in [4.69, 9.17) is 27.4 Å². The minimum atomic E-state index is -4.56. The Kier molecular flexibility index (Phi) is 13.1. The predicted molar refractivity (Wildman–Crippen MR) is 94.6 cm³/mol. The molecule has 0 aliphatic rings. The van der Waals surface area contributed by atoms with E-state index in [2.05, 4.69) is 46.2 Å². The molecule has 0 fully saturated rings. The zero-order valence-electron chi connectivity index (χ0n) is 12.2. The molecule has 4 nitrogen and oxygen atoms in total. The summed E-state index contributed by atoms with van der Waals surface area (Å²) in [4.78, 5) is 2.24. The molecule has 139 valence electrons. The minimum Gasteiger partial charge on any atom is -0.696 e. The number of nitrogens with one attached hydrogen (secondary N) is 1. The molecule has 0 unspecified atom stereocenters. The third-order valence-electron chi connectivity index (χ3n) is 2.47. The second-order valence-corrected chi connectivity index (χ2v) is 5.46. The van der Waals surface area contributed by atoms with Gasteiger partial charge in [0.25, 0.3) is 0 Å². The number of thiocyanates is 2. The average Bonchev–Trinajstić information content (AvgIpc) is 2.86. The van der Waals surface area contributed by atoms with Gasteiger partial charge >= 0.3 is 23.2 Å². The van der Waals surface area contributed by atoms with Gasteiger partial charge in [-0.1, -0.05) is 34.5 Å². The first-order chi connectivity index (χ1) is 11.7. The summed E-state index contributed by atoms with van der Waals surface area (Å²) in [5, 5.41) is 26.4. The maximum absolute atomic E-state index is 12.8. The minimum absolute atomic E-state index is 0. The third-order valence-corrected chi connectivity index (χ3v) is 3.51. The van der Waals surface area contributed by atoms with Gasteiger partial charge in [-0.15, -0.1) is 0 Å². The third kappa shape index (κ3) is 7.80. The number of nitrogens with zero attached hydrogens (tertiary/aromatic N) is 3. The standard InChI is InChI=1S/C12H5BrClF3N2.2CHNS.Cu/c13-9-8(5-18)10(19-11(9)12(15,16)17)6-1-3-7(14)4-2-6;2*2-1-3;/h1-4,19H;2*3H;/q;;;+2/p-2. The summed E-state index contributed by atoms with van der Waals surface area (Å²) in [5.41, 5.74) is -0.501. The van der Waals surface area contributed by atoms with Crippen LogP contribution in [0.4, 0.5) is 13.2 Å². The fraction of sp³-hybridized carbons (Fsp3) is 0.0714. The summed E-state index contributed by atoms with van der Waals surface area (Å²) >= 11 is 15.9. The Balaban J connectivity index is 0. The van der Waals surface area contributed by atoms with Gasteiger partial charge in [0, 0.05) is 5.02 Å². The zero-order chi connectivity index (χ0) is 19.6. The first-order valence-corrected chi connectivity index (χ1v) is 7.83. The van der Waals surface area contributed by atoms with Crippen molar-refractivity contribution in [2.45, 2.75) is 6.18 Å². The molecule has 1 heterocycles. The fourth-order valence-electron chi connectivity index (χ4n) is 1.61. The van der Waals surface area contributed by atoms with E-state index >= 15 is 0 Å². The van der Waals surface area contributed by atoms with Crippen molar-refractivity contribution in [1.82, 2.24) is 4.98 Å². The van der Waals surface area contributed by atoms with Crippen LogP contribution in [-0.4, -0.2) is 4.98 Å². The molecule has 1 aromatic carbocycles. The van der Waals surface area contributed by atoms with Gasteiger partial charge in [-0.2, -0.15) is 18.4 Å². The smallest absolute Gasteiger partial charge is 0.696 e. The van der Waals surface area contributed by atoms with Crippen LogP contribution < -0.4 is 0 Å². The Morgan fingerprint density at radius 2 is 1.46 bits per heavy atom. The van der Waals surface area contributed by atoms with Crippen molar-refractivity contribution < 1.29 is 30.2 Å². The number of nitriles is 3. The number of benzene rings is 1. The SMILES string of the molecule is N#C[S-].N#C[S-].N#Cc1c(-c2ccc(Cl)cc2)[nH]c(C(F)(F)F)c1Br.[Cu+2]. The van der Waals surface area contributed by atoms with E-state index in [1.54, 1.807) is 30.3 Å². The topological polar surface area (TPSA) is 87.2 Å². The van der Waals surface area contributed by atoms with E-state index in [1.807, 2.05) is 0 Å². The van der Waals surface area contributed by atoms with Gasteiger partial charge in [0.1, 0.15) is 11.8 Å². The number of alkyl halides is 3. The summed E-state index contributed by atoms with van der Waals surface area (Å²) in [6.45, 7) is 0. The van der Waals surface area contributed by atoms with Crippen LogP contribution in [0.2, 0.25) is 5.02 Å². The number of hydrogen-bond acceptors (Lipinski definition) is 5. The Hall–Kier alpha value is -1.51. The zero-order valence-corrected chi connectivity index (χ0v) is 17.1. The Bertz CT molecular complexity index is 825. The quantitative estimate of drug-likeness (QED) is 0.319. The summed E-state index contributed by atoms with van der Waals surface area (Å²) in [5.74, 6) is 0. The van der Waals surface area contributed by atoms with Gasteiger partial charge in [0.2, 0.25) is 0 Å². The molecule has 1 radical (unpaired) electrons. The van der Waals surface area contributed by atoms with Crippen molar-refractivity contribution in [2.24, 2.45) is 0 Å². The summed E-state index contributed by atoms with van der Waals surface area (Å²) in [6, 6.07) is 7.93. The van der Waals surface area contributed by atoms with Crippen LogP contribution in [0.25, 0.3) is 11.3 Å². The molecular weight excluding hydrogens is 524 g/mol. The van der Waals surface area contributed by atoms with Gasteiger partial charge < -0.3 is 30.2 Å². The molecule has 0 atom stereocenters. The van der Waals surface area contributed by atoms with Crippen LogP contribution in [0.1, 0.15) is 11.3 Å². The molecule has 26 heavy (non-hydrogen) atoms. The number of hydrogen-bond donors (Lipinski definition) is 1. The largest absolute Gasteiger partial charge is 2.00 e.